The zero-order valence-electron chi connectivity index (χ0n) is 19.5. The molecule has 5 rings (SSSR count). The van der Waals surface area contributed by atoms with Gasteiger partial charge in [-0.05, 0) is 36.4 Å². The van der Waals surface area contributed by atoms with Crippen LogP contribution in [0.2, 0.25) is 0 Å². The van der Waals surface area contributed by atoms with E-state index in [9.17, 15) is 14.4 Å². The third-order valence-corrected chi connectivity index (χ3v) is 7.44. The molecule has 10 heteroatoms. The minimum Gasteiger partial charge on any atom is -0.497 e. The second kappa shape index (κ2) is 10.0. The fourth-order valence-corrected chi connectivity index (χ4v) is 5.44. The molecule has 2 aliphatic rings. The van der Waals surface area contributed by atoms with Gasteiger partial charge in [0, 0.05) is 57.7 Å². The Labute approximate surface area is 207 Å². The van der Waals surface area contributed by atoms with Crippen molar-refractivity contribution in [1.29, 1.82) is 0 Å². The molecule has 182 valence electrons. The van der Waals surface area contributed by atoms with Gasteiger partial charge in [-0.25, -0.2) is 4.98 Å². The predicted octanol–water partition coefficient (Wildman–Crippen LogP) is 2.51. The van der Waals surface area contributed by atoms with Gasteiger partial charge in [0.15, 0.2) is 5.13 Å². The number of nitrogens with zero attached hydrogens (tertiary/aromatic N) is 4. The summed E-state index contributed by atoms with van der Waals surface area (Å²) in [5.41, 5.74) is 1.88. The number of carbonyl (C=O) groups excluding carboxylic acids is 3. The molecule has 35 heavy (non-hydrogen) atoms. The minimum absolute atomic E-state index is 0.213. The molecule has 0 spiro atoms. The molecule has 1 aromatic heterocycles. The second-order valence-electron chi connectivity index (χ2n) is 8.59. The summed E-state index contributed by atoms with van der Waals surface area (Å²) in [7, 11) is 1.67. The Morgan fingerprint density at radius 3 is 2.57 bits per heavy atom. The lowest BCUT2D eigenvalue weighted by Gasteiger charge is -2.34. The van der Waals surface area contributed by atoms with Gasteiger partial charge < -0.3 is 15.0 Å². The summed E-state index contributed by atoms with van der Waals surface area (Å²) in [6.45, 7) is 4.81. The highest BCUT2D eigenvalue weighted by atomic mass is 32.1. The molecule has 0 saturated carbocycles. The number of methoxy groups -OCH3 is 1. The Bertz CT molecular complexity index is 1250. The number of ether oxygens (including phenoxy) is 1. The third kappa shape index (κ3) is 4.98. The van der Waals surface area contributed by atoms with E-state index in [1.165, 1.54) is 0 Å². The maximum Gasteiger partial charge on any atom is 0.251 e. The zero-order chi connectivity index (χ0) is 24.4. The maximum absolute atomic E-state index is 12.6. The van der Waals surface area contributed by atoms with Crippen LogP contribution in [0.4, 0.5) is 10.8 Å². The second-order valence-corrected chi connectivity index (χ2v) is 9.60. The summed E-state index contributed by atoms with van der Waals surface area (Å²) >= 11 is 1.68. The van der Waals surface area contributed by atoms with E-state index in [2.05, 4.69) is 15.1 Å². The van der Waals surface area contributed by atoms with Crippen LogP contribution in [-0.4, -0.2) is 74.0 Å². The molecule has 0 atom stereocenters. The molecule has 0 unspecified atom stereocenters. The van der Waals surface area contributed by atoms with Crippen LogP contribution in [0.15, 0.2) is 42.5 Å². The first-order valence-electron chi connectivity index (χ1n) is 11.7. The van der Waals surface area contributed by atoms with Crippen molar-refractivity contribution in [1.82, 2.24) is 15.2 Å². The summed E-state index contributed by atoms with van der Waals surface area (Å²) in [5, 5.41) is 3.98. The lowest BCUT2D eigenvalue weighted by Crippen LogP contribution is -2.48. The summed E-state index contributed by atoms with van der Waals surface area (Å²) in [4.78, 5) is 47.2. The van der Waals surface area contributed by atoms with Crippen LogP contribution < -0.4 is 19.9 Å². The number of hydrogen-bond acceptors (Lipinski definition) is 8. The van der Waals surface area contributed by atoms with Crippen LogP contribution in [-0.2, 0) is 9.59 Å². The molecular weight excluding hydrogens is 466 g/mol. The molecule has 3 heterocycles. The standard InChI is InChI=1S/C25H27N5O4S/c1-34-19-5-6-20-21(16-19)35-25(27-20)29-13-11-28(12-14-29)10-9-26-24(33)17-3-2-4-18(15-17)30-22(31)7-8-23(30)32/h2-6,15-16H,7-14H2,1H3,(H,26,33). The van der Waals surface area contributed by atoms with E-state index in [0.717, 1.165) is 58.7 Å². The van der Waals surface area contributed by atoms with Gasteiger partial charge >= 0.3 is 0 Å². The van der Waals surface area contributed by atoms with Crippen molar-refractivity contribution in [2.45, 2.75) is 12.8 Å². The Morgan fingerprint density at radius 2 is 1.83 bits per heavy atom. The number of piperazine rings is 1. The molecule has 2 aliphatic heterocycles. The summed E-state index contributed by atoms with van der Waals surface area (Å²) < 4.78 is 6.43. The topological polar surface area (TPSA) is 95.1 Å². The molecule has 1 N–H and O–H groups in total. The van der Waals surface area contributed by atoms with Gasteiger partial charge in [-0.2, -0.15) is 0 Å². The largest absolute Gasteiger partial charge is 0.497 e. The highest BCUT2D eigenvalue weighted by Gasteiger charge is 2.30. The van der Waals surface area contributed by atoms with Crippen LogP contribution in [0.3, 0.4) is 0 Å². The van der Waals surface area contributed by atoms with Crippen LogP contribution in [0, 0.1) is 0 Å². The van der Waals surface area contributed by atoms with Crippen LogP contribution in [0.25, 0.3) is 10.2 Å². The molecule has 3 amide bonds. The average molecular weight is 494 g/mol. The number of nitrogens with one attached hydrogen (secondary N) is 1. The van der Waals surface area contributed by atoms with Crippen LogP contribution >= 0.6 is 11.3 Å². The van der Waals surface area contributed by atoms with Gasteiger partial charge in [0.05, 0.1) is 23.0 Å². The van der Waals surface area contributed by atoms with Crippen molar-refractivity contribution in [3.8, 4) is 5.75 Å². The van der Waals surface area contributed by atoms with E-state index in [1.807, 2.05) is 18.2 Å². The fraction of sp³-hybridized carbons (Fsp3) is 0.360. The number of hydrogen-bond donors (Lipinski definition) is 1. The number of rotatable bonds is 7. The van der Waals surface area contributed by atoms with E-state index >= 15 is 0 Å². The maximum atomic E-state index is 12.6. The molecule has 0 bridgehead atoms. The minimum atomic E-state index is -0.225. The zero-order valence-corrected chi connectivity index (χ0v) is 20.3. The van der Waals surface area contributed by atoms with Gasteiger partial charge in [-0.15, -0.1) is 0 Å². The number of imide groups is 1. The van der Waals surface area contributed by atoms with E-state index < -0.39 is 0 Å². The average Bonchev–Trinajstić information content (AvgIpc) is 3.46. The van der Waals surface area contributed by atoms with Gasteiger partial charge in [0.2, 0.25) is 11.8 Å². The molecule has 2 aromatic carbocycles. The fourth-order valence-electron chi connectivity index (χ4n) is 4.40. The number of thiazole rings is 1. The molecule has 9 nitrogen and oxygen atoms in total. The van der Waals surface area contributed by atoms with Crippen LogP contribution in [0.5, 0.6) is 5.75 Å². The highest BCUT2D eigenvalue weighted by Crippen LogP contribution is 2.31. The summed E-state index contributed by atoms with van der Waals surface area (Å²) in [6.07, 6.45) is 0.437. The Kier molecular flexibility index (Phi) is 6.65. The van der Waals surface area contributed by atoms with Gasteiger partial charge in [-0.3, -0.25) is 24.2 Å². The van der Waals surface area contributed by atoms with Crippen molar-refractivity contribution in [3.05, 3.63) is 48.0 Å². The van der Waals surface area contributed by atoms with Crippen molar-refractivity contribution in [3.63, 3.8) is 0 Å². The Balaban J connectivity index is 1.10. The first-order chi connectivity index (χ1) is 17.0. The van der Waals surface area contributed by atoms with Crippen molar-refractivity contribution < 1.29 is 19.1 Å². The van der Waals surface area contributed by atoms with E-state index in [4.69, 9.17) is 9.72 Å². The molecule has 0 radical (unpaired) electrons. The quantitative estimate of drug-likeness (QED) is 0.506. The van der Waals surface area contributed by atoms with Gasteiger partial charge in [0.1, 0.15) is 5.75 Å². The number of carbonyl (C=O) groups is 3. The van der Waals surface area contributed by atoms with Gasteiger partial charge in [-0.1, -0.05) is 17.4 Å². The first kappa shape index (κ1) is 23.3. The molecule has 0 aliphatic carbocycles. The van der Waals surface area contributed by atoms with Crippen LogP contribution in [0.1, 0.15) is 23.2 Å². The molecule has 2 fully saturated rings. The molecule has 2 saturated heterocycles. The number of aromatic nitrogens is 1. The Morgan fingerprint density at radius 1 is 1.06 bits per heavy atom. The number of fused-ring (bicyclic) bond motifs is 1. The normalized spacial score (nSPS) is 16.8. The smallest absolute Gasteiger partial charge is 0.251 e. The van der Waals surface area contributed by atoms with E-state index in [0.29, 0.717) is 17.8 Å². The third-order valence-electron chi connectivity index (χ3n) is 6.36. The monoisotopic (exact) mass is 493 g/mol. The van der Waals surface area contributed by atoms with E-state index in [1.54, 1.807) is 42.7 Å². The summed E-state index contributed by atoms with van der Waals surface area (Å²) in [6, 6.07) is 12.6. The SMILES string of the molecule is COc1ccc2nc(N3CCN(CCNC(=O)c4cccc(N5C(=O)CCC5=O)c4)CC3)sc2c1. The Hall–Kier alpha value is -3.50. The summed E-state index contributed by atoms with van der Waals surface area (Å²) in [5.74, 6) is 0.174. The van der Waals surface area contributed by atoms with Crippen molar-refractivity contribution in [2.75, 3.05) is 56.2 Å². The lowest BCUT2D eigenvalue weighted by molar-refractivity contribution is -0.121. The van der Waals surface area contributed by atoms with E-state index in [-0.39, 0.29) is 30.6 Å². The lowest BCUT2D eigenvalue weighted by atomic mass is 10.1. The highest BCUT2D eigenvalue weighted by molar-refractivity contribution is 7.22. The number of anilines is 2. The number of benzene rings is 2. The number of amides is 3. The van der Waals surface area contributed by atoms with Crippen molar-refractivity contribution in [2.24, 2.45) is 0 Å². The van der Waals surface area contributed by atoms with Crippen molar-refractivity contribution >= 4 is 50.1 Å². The molecular formula is C25H27N5O4S. The van der Waals surface area contributed by atoms with Gasteiger partial charge in [0.25, 0.3) is 5.91 Å². The predicted molar refractivity (Wildman–Crippen MR) is 135 cm³/mol. The first-order valence-corrected chi connectivity index (χ1v) is 12.5. The molecule has 3 aromatic rings.